The second-order valence-electron chi connectivity index (χ2n) is 5.03. The SMILES string of the molecule is Nc1cc(N)c2c(=O)cc(-c3cc(N)c(N)c(N)c3)oc2c1. The van der Waals surface area contributed by atoms with Gasteiger partial charge in [0.2, 0.25) is 0 Å². The molecule has 0 saturated heterocycles. The second kappa shape index (κ2) is 4.59. The summed E-state index contributed by atoms with van der Waals surface area (Å²) in [6.45, 7) is 0. The molecule has 0 aliphatic heterocycles. The minimum Gasteiger partial charge on any atom is -0.456 e. The molecule has 2 aromatic carbocycles. The van der Waals surface area contributed by atoms with Gasteiger partial charge in [0, 0.05) is 29.1 Å². The molecule has 1 aromatic heterocycles. The van der Waals surface area contributed by atoms with E-state index in [2.05, 4.69) is 0 Å². The molecule has 0 bridgehead atoms. The quantitative estimate of drug-likeness (QED) is 0.424. The number of hydrogen-bond acceptors (Lipinski definition) is 7. The molecule has 7 nitrogen and oxygen atoms in total. The minimum atomic E-state index is -0.275. The third-order valence-corrected chi connectivity index (χ3v) is 3.41. The third-order valence-electron chi connectivity index (χ3n) is 3.41. The first-order chi connectivity index (χ1) is 10.4. The Morgan fingerprint density at radius 2 is 1.41 bits per heavy atom. The lowest BCUT2D eigenvalue weighted by atomic mass is 10.1. The Balaban J connectivity index is 2.31. The normalized spacial score (nSPS) is 10.9. The Bertz CT molecular complexity index is 939. The third kappa shape index (κ3) is 2.05. The summed E-state index contributed by atoms with van der Waals surface area (Å²) in [5.41, 5.74) is 31.0. The number of nitrogens with two attached hydrogens (primary N) is 5. The van der Waals surface area contributed by atoms with Crippen LogP contribution in [0.25, 0.3) is 22.3 Å². The standard InChI is InChI=1S/C15H15N5O2/c16-7-3-8(17)14-11(21)5-12(22-13(14)4-7)6-1-9(18)15(20)10(19)2-6/h1-5H,16-20H2. The first-order valence-corrected chi connectivity index (χ1v) is 6.44. The second-order valence-corrected chi connectivity index (χ2v) is 5.03. The van der Waals surface area contributed by atoms with Crippen LogP contribution in [0.5, 0.6) is 0 Å². The van der Waals surface area contributed by atoms with Crippen molar-refractivity contribution in [1.82, 2.24) is 0 Å². The summed E-state index contributed by atoms with van der Waals surface area (Å²) in [6.07, 6.45) is 0. The van der Waals surface area contributed by atoms with E-state index in [4.69, 9.17) is 33.1 Å². The summed E-state index contributed by atoms with van der Waals surface area (Å²) >= 11 is 0. The van der Waals surface area contributed by atoms with Crippen LogP contribution in [0.4, 0.5) is 28.4 Å². The lowest BCUT2D eigenvalue weighted by Gasteiger charge is -2.09. The molecule has 22 heavy (non-hydrogen) atoms. The van der Waals surface area contributed by atoms with E-state index in [9.17, 15) is 4.79 Å². The summed E-state index contributed by atoms with van der Waals surface area (Å²) in [7, 11) is 0. The van der Waals surface area contributed by atoms with Gasteiger partial charge in [0.25, 0.3) is 0 Å². The van der Waals surface area contributed by atoms with Crippen LogP contribution in [0.1, 0.15) is 0 Å². The first-order valence-electron chi connectivity index (χ1n) is 6.44. The van der Waals surface area contributed by atoms with E-state index >= 15 is 0 Å². The molecule has 0 saturated carbocycles. The highest BCUT2D eigenvalue weighted by molar-refractivity contribution is 5.93. The summed E-state index contributed by atoms with van der Waals surface area (Å²) < 4.78 is 5.73. The molecular formula is C15H15N5O2. The van der Waals surface area contributed by atoms with E-state index in [-0.39, 0.29) is 16.5 Å². The van der Waals surface area contributed by atoms with Crippen molar-refractivity contribution in [2.45, 2.75) is 0 Å². The average molecular weight is 297 g/mol. The highest BCUT2D eigenvalue weighted by Gasteiger charge is 2.12. The van der Waals surface area contributed by atoms with E-state index in [0.717, 1.165) is 0 Å². The molecule has 3 rings (SSSR count). The van der Waals surface area contributed by atoms with Gasteiger partial charge in [-0.2, -0.15) is 0 Å². The smallest absolute Gasteiger partial charge is 0.195 e. The van der Waals surface area contributed by atoms with Crippen molar-refractivity contribution in [1.29, 1.82) is 0 Å². The van der Waals surface area contributed by atoms with Crippen LogP contribution in [0.2, 0.25) is 0 Å². The molecule has 10 N–H and O–H groups in total. The van der Waals surface area contributed by atoms with E-state index in [1.54, 1.807) is 18.2 Å². The van der Waals surface area contributed by atoms with E-state index in [0.29, 0.717) is 39.7 Å². The fourth-order valence-corrected chi connectivity index (χ4v) is 2.33. The zero-order valence-corrected chi connectivity index (χ0v) is 11.6. The minimum absolute atomic E-state index is 0.270. The number of anilines is 5. The molecule has 112 valence electrons. The Morgan fingerprint density at radius 3 is 2.05 bits per heavy atom. The molecule has 0 spiro atoms. The lowest BCUT2D eigenvalue weighted by molar-refractivity contribution is 0.619. The highest BCUT2D eigenvalue weighted by atomic mass is 16.3. The van der Waals surface area contributed by atoms with Crippen molar-refractivity contribution in [3.8, 4) is 11.3 Å². The summed E-state index contributed by atoms with van der Waals surface area (Å²) in [5.74, 6) is 0.306. The predicted octanol–water partition coefficient (Wildman–Crippen LogP) is 1.37. The molecule has 7 heteroatoms. The fourth-order valence-electron chi connectivity index (χ4n) is 2.33. The van der Waals surface area contributed by atoms with Gasteiger partial charge in [-0.1, -0.05) is 0 Å². The molecule has 0 amide bonds. The van der Waals surface area contributed by atoms with E-state index < -0.39 is 0 Å². The Hall–Kier alpha value is -3.35. The van der Waals surface area contributed by atoms with E-state index in [1.807, 2.05) is 0 Å². The van der Waals surface area contributed by atoms with Gasteiger partial charge in [0.15, 0.2) is 5.43 Å². The molecule has 0 unspecified atom stereocenters. The van der Waals surface area contributed by atoms with Crippen LogP contribution in [0, 0.1) is 0 Å². The van der Waals surface area contributed by atoms with Crippen molar-refractivity contribution >= 4 is 39.4 Å². The van der Waals surface area contributed by atoms with Gasteiger partial charge in [-0.3, -0.25) is 4.79 Å². The van der Waals surface area contributed by atoms with Crippen LogP contribution in [0.15, 0.2) is 39.5 Å². The number of benzene rings is 2. The molecule has 0 atom stereocenters. The van der Waals surface area contributed by atoms with Gasteiger partial charge in [0.1, 0.15) is 11.3 Å². The number of rotatable bonds is 1. The highest BCUT2D eigenvalue weighted by Crippen LogP contribution is 2.32. The largest absolute Gasteiger partial charge is 0.456 e. The maximum Gasteiger partial charge on any atom is 0.195 e. The van der Waals surface area contributed by atoms with Crippen molar-refractivity contribution in [3.05, 3.63) is 40.6 Å². The van der Waals surface area contributed by atoms with Crippen molar-refractivity contribution < 1.29 is 4.42 Å². The Kier molecular flexibility index (Phi) is 2.84. The van der Waals surface area contributed by atoms with Crippen molar-refractivity contribution in [3.63, 3.8) is 0 Å². The van der Waals surface area contributed by atoms with Crippen LogP contribution >= 0.6 is 0 Å². The zero-order valence-electron chi connectivity index (χ0n) is 11.6. The Morgan fingerprint density at radius 1 is 0.773 bits per heavy atom. The summed E-state index contributed by atoms with van der Waals surface area (Å²) in [6, 6.07) is 7.56. The average Bonchev–Trinajstić information content (AvgIpc) is 2.42. The van der Waals surface area contributed by atoms with Crippen LogP contribution in [-0.4, -0.2) is 0 Å². The maximum atomic E-state index is 12.3. The van der Waals surface area contributed by atoms with Gasteiger partial charge in [-0.15, -0.1) is 0 Å². The topological polar surface area (TPSA) is 160 Å². The first kappa shape index (κ1) is 13.6. The zero-order chi connectivity index (χ0) is 16.0. The lowest BCUT2D eigenvalue weighted by Crippen LogP contribution is -2.05. The predicted molar refractivity (Wildman–Crippen MR) is 90.0 cm³/mol. The number of nitrogen functional groups attached to an aromatic ring is 5. The van der Waals surface area contributed by atoms with Crippen molar-refractivity contribution in [2.75, 3.05) is 28.7 Å². The molecule has 0 aliphatic rings. The van der Waals surface area contributed by atoms with Gasteiger partial charge in [0.05, 0.1) is 22.4 Å². The molecule has 3 aromatic rings. The molecule has 1 heterocycles. The van der Waals surface area contributed by atoms with Gasteiger partial charge >= 0.3 is 0 Å². The Labute approximate surface area is 125 Å². The number of hydrogen-bond donors (Lipinski definition) is 5. The molecular weight excluding hydrogens is 282 g/mol. The molecule has 0 radical (unpaired) electrons. The van der Waals surface area contributed by atoms with Gasteiger partial charge in [-0.05, 0) is 18.2 Å². The van der Waals surface area contributed by atoms with Crippen LogP contribution in [-0.2, 0) is 0 Å². The van der Waals surface area contributed by atoms with Crippen molar-refractivity contribution in [2.24, 2.45) is 0 Å². The monoisotopic (exact) mass is 297 g/mol. The summed E-state index contributed by atoms with van der Waals surface area (Å²) in [4.78, 5) is 12.3. The maximum absolute atomic E-state index is 12.3. The molecule has 0 aliphatic carbocycles. The van der Waals surface area contributed by atoms with Crippen LogP contribution in [0.3, 0.4) is 0 Å². The summed E-state index contributed by atoms with van der Waals surface area (Å²) in [5, 5.41) is 0.286. The van der Waals surface area contributed by atoms with E-state index in [1.165, 1.54) is 12.1 Å². The van der Waals surface area contributed by atoms with Crippen LogP contribution < -0.4 is 34.1 Å². The van der Waals surface area contributed by atoms with Gasteiger partial charge < -0.3 is 33.1 Å². The molecule has 0 fully saturated rings. The number of fused-ring (bicyclic) bond motifs is 1. The fraction of sp³-hybridized carbons (Fsp3) is 0. The van der Waals surface area contributed by atoms with Gasteiger partial charge in [-0.25, -0.2) is 0 Å².